The largest absolute Gasteiger partial charge is 0.450 e. The molecular formula is C20H37N5O6S. The van der Waals surface area contributed by atoms with E-state index >= 15 is 0 Å². The molecule has 12 heteroatoms. The summed E-state index contributed by atoms with van der Waals surface area (Å²) in [5.74, 6) is -0.401. The SMILES string of the molecule is CCOC(=O)N1CCN(S(=O)(=O)N2CCCC(C(=O)NCCCN3CCOCC3)C2)CC1. The van der Waals surface area contributed by atoms with Gasteiger partial charge in [-0.05, 0) is 32.7 Å². The third-order valence-electron chi connectivity index (χ3n) is 6.23. The highest BCUT2D eigenvalue weighted by molar-refractivity contribution is 7.86. The summed E-state index contributed by atoms with van der Waals surface area (Å²) in [6.45, 7) is 8.62. The van der Waals surface area contributed by atoms with E-state index in [-0.39, 0.29) is 31.5 Å². The maximum absolute atomic E-state index is 13.1. The first-order chi connectivity index (χ1) is 15.4. The zero-order chi connectivity index (χ0) is 23.0. The van der Waals surface area contributed by atoms with Gasteiger partial charge in [0.15, 0.2) is 0 Å². The van der Waals surface area contributed by atoms with Crippen molar-refractivity contribution in [1.82, 2.24) is 23.7 Å². The molecule has 3 heterocycles. The predicted octanol–water partition coefficient (Wildman–Crippen LogP) is -0.444. The molecule has 2 amide bonds. The summed E-state index contributed by atoms with van der Waals surface area (Å²) < 4.78 is 39.4. The monoisotopic (exact) mass is 475 g/mol. The summed E-state index contributed by atoms with van der Waals surface area (Å²) in [5, 5.41) is 2.98. The number of nitrogens with one attached hydrogen (secondary N) is 1. The van der Waals surface area contributed by atoms with Gasteiger partial charge in [0, 0.05) is 58.9 Å². The molecule has 3 aliphatic rings. The summed E-state index contributed by atoms with van der Waals surface area (Å²) in [6.07, 6.45) is 1.81. The van der Waals surface area contributed by atoms with Crippen molar-refractivity contribution >= 4 is 22.2 Å². The van der Waals surface area contributed by atoms with Crippen LogP contribution in [0.2, 0.25) is 0 Å². The quantitative estimate of drug-likeness (QED) is 0.474. The van der Waals surface area contributed by atoms with Gasteiger partial charge in [-0.15, -0.1) is 0 Å². The molecule has 11 nitrogen and oxygen atoms in total. The molecule has 3 fully saturated rings. The Labute approximate surface area is 191 Å². The van der Waals surface area contributed by atoms with Crippen LogP contribution in [0.3, 0.4) is 0 Å². The molecule has 0 radical (unpaired) electrons. The number of hydrogen-bond donors (Lipinski definition) is 1. The van der Waals surface area contributed by atoms with Gasteiger partial charge in [-0.25, -0.2) is 4.79 Å². The first kappa shape index (κ1) is 25.2. The lowest BCUT2D eigenvalue weighted by Gasteiger charge is -2.38. The Hall–Kier alpha value is -1.47. The fraction of sp³-hybridized carbons (Fsp3) is 0.900. The van der Waals surface area contributed by atoms with Gasteiger partial charge in [-0.3, -0.25) is 9.69 Å². The molecule has 3 rings (SSSR count). The molecule has 32 heavy (non-hydrogen) atoms. The van der Waals surface area contributed by atoms with Gasteiger partial charge in [0.05, 0.1) is 25.7 Å². The Kier molecular flexibility index (Phi) is 9.53. The Morgan fingerprint density at radius 1 is 1.03 bits per heavy atom. The van der Waals surface area contributed by atoms with E-state index in [2.05, 4.69) is 10.2 Å². The van der Waals surface area contributed by atoms with Crippen molar-refractivity contribution < 1.29 is 27.5 Å². The van der Waals surface area contributed by atoms with E-state index in [1.165, 1.54) is 13.5 Å². The fourth-order valence-corrected chi connectivity index (χ4v) is 6.01. The first-order valence-corrected chi connectivity index (χ1v) is 13.1. The minimum Gasteiger partial charge on any atom is -0.450 e. The smallest absolute Gasteiger partial charge is 0.409 e. The number of nitrogens with zero attached hydrogens (tertiary/aromatic N) is 4. The second-order valence-corrected chi connectivity index (χ2v) is 10.3. The van der Waals surface area contributed by atoms with E-state index in [0.29, 0.717) is 45.6 Å². The molecule has 1 unspecified atom stereocenters. The molecule has 0 aliphatic carbocycles. The van der Waals surface area contributed by atoms with Crippen LogP contribution in [0.1, 0.15) is 26.2 Å². The molecular weight excluding hydrogens is 438 g/mol. The van der Waals surface area contributed by atoms with E-state index < -0.39 is 16.3 Å². The molecule has 0 aromatic carbocycles. The van der Waals surface area contributed by atoms with Crippen LogP contribution in [0.15, 0.2) is 0 Å². The number of carbonyl (C=O) groups is 2. The molecule has 0 aromatic rings. The van der Waals surface area contributed by atoms with Crippen LogP contribution in [0.25, 0.3) is 0 Å². The lowest BCUT2D eigenvalue weighted by atomic mass is 9.99. The highest BCUT2D eigenvalue weighted by Crippen LogP contribution is 2.22. The van der Waals surface area contributed by atoms with Crippen molar-refractivity contribution in [2.45, 2.75) is 26.2 Å². The Bertz CT molecular complexity index is 722. The van der Waals surface area contributed by atoms with Gasteiger partial charge >= 0.3 is 6.09 Å². The summed E-state index contributed by atoms with van der Waals surface area (Å²) >= 11 is 0. The van der Waals surface area contributed by atoms with Crippen LogP contribution in [0, 0.1) is 5.92 Å². The molecule has 1 atom stereocenters. The standard InChI is InChI=1S/C20H37N5O6S/c1-2-31-20(27)23-9-11-24(12-10-23)32(28,29)25-8-3-5-18(17-25)19(26)21-6-4-7-22-13-15-30-16-14-22/h18H,2-17H2,1H3,(H,21,26). The van der Waals surface area contributed by atoms with E-state index in [1.807, 2.05) is 0 Å². The average molecular weight is 476 g/mol. The lowest BCUT2D eigenvalue weighted by molar-refractivity contribution is -0.126. The maximum atomic E-state index is 13.1. The molecule has 3 saturated heterocycles. The lowest BCUT2D eigenvalue weighted by Crippen LogP contribution is -2.56. The second kappa shape index (κ2) is 12.1. The molecule has 0 aromatic heterocycles. The van der Waals surface area contributed by atoms with Crippen molar-refractivity contribution in [3.63, 3.8) is 0 Å². The summed E-state index contributed by atoms with van der Waals surface area (Å²) in [7, 11) is -3.66. The number of rotatable bonds is 8. The summed E-state index contributed by atoms with van der Waals surface area (Å²) in [5.41, 5.74) is 0. The van der Waals surface area contributed by atoms with Crippen molar-refractivity contribution in [3.8, 4) is 0 Å². The number of piperidine rings is 1. The van der Waals surface area contributed by atoms with E-state index in [0.717, 1.165) is 39.3 Å². The number of piperazine rings is 1. The summed E-state index contributed by atoms with van der Waals surface area (Å²) in [4.78, 5) is 28.3. The van der Waals surface area contributed by atoms with Crippen LogP contribution in [0.5, 0.6) is 0 Å². The Morgan fingerprint density at radius 3 is 2.44 bits per heavy atom. The molecule has 1 N–H and O–H groups in total. The topological polar surface area (TPSA) is 112 Å². The number of carbonyl (C=O) groups excluding carboxylic acids is 2. The zero-order valence-corrected chi connectivity index (χ0v) is 19.9. The molecule has 184 valence electrons. The number of amides is 2. The van der Waals surface area contributed by atoms with Crippen molar-refractivity contribution in [3.05, 3.63) is 0 Å². The van der Waals surface area contributed by atoms with E-state index in [4.69, 9.17) is 9.47 Å². The van der Waals surface area contributed by atoms with Crippen molar-refractivity contribution in [2.75, 3.05) is 85.3 Å². The minimum atomic E-state index is -3.66. The molecule has 0 spiro atoms. The normalized spacial score (nSPS) is 24.3. The highest BCUT2D eigenvalue weighted by atomic mass is 32.2. The molecule has 3 aliphatic heterocycles. The van der Waals surface area contributed by atoms with Crippen LogP contribution >= 0.6 is 0 Å². The van der Waals surface area contributed by atoms with Gasteiger partial charge in [0.1, 0.15) is 0 Å². The number of morpholine rings is 1. The number of hydrogen-bond acceptors (Lipinski definition) is 7. The zero-order valence-electron chi connectivity index (χ0n) is 19.0. The van der Waals surface area contributed by atoms with Crippen LogP contribution in [-0.4, -0.2) is 124 Å². The van der Waals surface area contributed by atoms with Gasteiger partial charge in [0.25, 0.3) is 10.2 Å². The average Bonchev–Trinajstić information content (AvgIpc) is 2.82. The van der Waals surface area contributed by atoms with Crippen molar-refractivity contribution in [1.29, 1.82) is 0 Å². The first-order valence-electron chi connectivity index (χ1n) is 11.7. The number of ether oxygens (including phenoxy) is 2. The van der Waals surface area contributed by atoms with Gasteiger partial charge in [0.2, 0.25) is 5.91 Å². The third kappa shape index (κ3) is 6.77. The van der Waals surface area contributed by atoms with E-state index in [1.54, 1.807) is 6.92 Å². The molecule has 0 saturated carbocycles. The van der Waals surface area contributed by atoms with Gasteiger partial charge < -0.3 is 19.7 Å². The predicted molar refractivity (Wildman–Crippen MR) is 118 cm³/mol. The maximum Gasteiger partial charge on any atom is 0.409 e. The Morgan fingerprint density at radius 2 is 1.75 bits per heavy atom. The van der Waals surface area contributed by atoms with Crippen molar-refractivity contribution in [2.24, 2.45) is 5.92 Å². The molecule has 0 bridgehead atoms. The third-order valence-corrected chi connectivity index (χ3v) is 8.23. The van der Waals surface area contributed by atoms with Crippen LogP contribution < -0.4 is 5.32 Å². The van der Waals surface area contributed by atoms with Crippen LogP contribution in [-0.2, 0) is 24.5 Å². The van der Waals surface area contributed by atoms with E-state index in [9.17, 15) is 18.0 Å². The summed E-state index contributed by atoms with van der Waals surface area (Å²) in [6, 6.07) is 0. The highest BCUT2D eigenvalue weighted by Gasteiger charge is 2.37. The van der Waals surface area contributed by atoms with Gasteiger partial charge in [-0.1, -0.05) is 0 Å². The Balaban J connectivity index is 1.42. The van der Waals surface area contributed by atoms with Gasteiger partial charge in [-0.2, -0.15) is 17.0 Å². The second-order valence-electron chi connectivity index (χ2n) is 8.39. The minimum absolute atomic E-state index is 0.0704. The van der Waals surface area contributed by atoms with Crippen LogP contribution in [0.4, 0.5) is 4.79 Å². The fourth-order valence-electron chi connectivity index (χ4n) is 4.33.